The van der Waals surface area contributed by atoms with Crippen LogP contribution >= 0.6 is 45.8 Å². The number of nitrogens with zero attached hydrogens (tertiary/aromatic N) is 11. The van der Waals surface area contributed by atoms with Crippen LogP contribution in [0.5, 0.6) is 0 Å². The second kappa shape index (κ2) is 35.2. The van der Waals surface area contributed by atoms with Crippen LogP contribution in [0.3, 0.4) is 0 Å². The number of rotatable bonds is 5. The first-order valence-corrected chi connectivity index (χ1v) is 34.3. The lowest BCUT2D eigenvalue weighted by molar-refractivity contribution is 0.0184. The molecule has 4 aromatic heterocycles. The van der Waals surface area contributed by atoms with Gasteiger partial charge in [0.1, 0.15) is 69.4 Å². The number of hydrogen-bond acceptors (Lipinski definition) is 13. The van der Waals surface area contributed by atoms with E-state index in [-0.39, 0.29) is 45.8 Å². The molecule has 560 valence electrons. The minimum atomic E-state index is -1.89. The van der Waals surface area contributed by atoms with Crippen molar-refractivity contribution in [2.75, 3.05) is 37.2 Å². The van der Waals surface area contributed by atoms with Crippen molar-refractivity contribution in [1.29, 1.82) is 0 Å². The molecule has 0 bridgehead atoms. The number of ether oxygens (including phenoxy) is 2. The summed E-state index contributed by atoms with van der Waals surface area (Å²) in [7, 11) is -1.89. The molecule has 4 aliphatic rings. The van der Waals surface area contributed by atoms with Crippen LogP contribution in [0.25, 0.3) is 33.4 Å². The van der Waals surface area contributed by atoms with Crippen LogP contribution in [0, 0.1) is 61.7 Å². The number of benzene rings is 6. The molecule has 106 heavy (non-hydrogen) atoms. The third-order valence-electron chi connectivity index (χ3n) is 15.9. The third kappa shape index (κ3) is 21.3. The van der Waals surface area contributed by atoms with E-state index < -0.39 is 88.6 Å². The third-order valence-corrected chi connectivity index (χ3v) is 17.4. The van der Waals surface area contributed by atoms with E-state index >= 15 is 0 Å². The molecule has 0 spiro atoms. The number of anilines is 2. The standard InChI is InChI=1S/C19H14ClF3N4O.C17H19F2N3O2.C12H11F2N3.C11H16IN3O2.C6H5BF2O2.C6H5ClFN/c20-15-8-12(2-4-16(15)22)25-19(28)26-5-6-27-18(10-26)14(9-24-27)13-3-1-11(21)7-17(13)23;1-17(2,3)24-16(23)21-6-7-22-15(10-21)13(9-20-22)12-5-4-11(18)8-14(12)19;13-8-1-2-9(11(14)5-8)10-6-16-17-4-3-15-7-12(10)17;1-11(2,3)17-10(16)14-4-5-15-9(7-14)8(12)6-13-15;8-4-1-2-5(7(10)11)6(9)3-4;7-5-3-4(9)1-2-6(5)8/h1-4,7-9H,5-6,10H2,(H,25,28);4-5,8-9H,6-7,10H2,1-3H3;1-2,5-6,15H,3-4,7H2;6H,4-5,7H2,1-3H3;1-3,10-11H;1-3H,9H2. The van der Waals surface area contributed by atoms with E-state index in [2.05, 4.69) is 53.6 Å². The Bertz CT molecular complexity index is 4810. The number of fused-ring (bicyclic) bond motifs is 4. The van der Waals surface area contributed by atoms with E-state index in [9.17, 15) is 58.3 Å². The summed E-state index contributed by atoms with van der Waals surface area (Å²) in [5, 5.41) is 39.8. The SMILES string of the molecule is CC(C)(C)OC(=O)N1CCn2ncc(-c3ccc(F)cc3F)c2C1.CC(C)(C)OC(=O)N1CCn2ncc(I)c2C1.Fc1ccc(-c2cnn3c2CNCC3)c(F)c1.Nc1ccc(F)c(Cl)c1.O=C(Nc1ccc(F)c(Cl)c1)N1CCn2ncc(-c3ccc(F)cc3F)c2C1.OB(O)c1ccc(F)cc1F. The number of amides is 4. The number of hydrogen-bond donors (Lipinski definition) is 5. The van der Waals surface area contributed by atoms with E-state index in [1.54, 1.807) is 52.3 Å². The fourth-order valence-electron chi connectivity index (χ4n) is 10.8. The predicted octanol–water partition coefficient (Wildman–Crippen LogP) is 14.1. The normalized spacial score (nSPS) is 13.5. The minimum absolute atomic E-state index is 0.0648. The van der Waals surface area contributed by atoms with Gasteiger partial charge in [-0.05, 0) is 143 Å². The number of nitrogen functional groups attached to an aromatic ring is 1. The topological polar surface area (TPSA) is 241 Å². The van der Waals surface area contributed by atoms with Gasteiger partial charge in [-0.3, -0.25) is 18.7 Å². The molecule has 0 saturated carbocycles. The Morgan fingerprint density at radius 3 is 1.31 bits per heavy atom. The van der Waals surface area contributed by atoms with Gasteiger partial charge >= 0.3 is 25.3 Å². The molecule has 14 rings (SSSR count). The molecule has 10 aromatic rings. The lowest BCUT2D eigenvalue weighted by atomic mass is 9.80. The van der Waals surface area contributed by atoms with Crippen molar-refractivity contribution in [3.05, 3.63) is 229 Å². The molecule has 4 aliphatic heterocycles. The molecule has 35 heteroatoms. The maximum Gasteiger partial charge on any atom is 0.491 e. The highest BCUT2D eigenvalue weighted by atomic mass is 127. The molecule has 0 atom stereocenters. The van der Waals surface area contributed by atoms with Gasteiger partial charge in [0.05, 0.1) is 107 Å². The van der Waals surface area contributed by atoms with Gasteiger partial charge in [0.25, 0.3) is 0 Å². The molecule has 0 radical (unpaired) electrons. The second-order valence-corrected chi connectivity index (χ2v) is 27.9. The molecule has 0 saturated heterocycles. The average molecular weight is 1630 g/mol. The molecule has 0 aliphatic carbocycles. The van der Waals surface area contributed by atoms with Crippen molar-refractivity contribution in [2.24, 2.45) is 0 Å². The molecule has 8 heterocycles. The monoisotopic (exact) mass is 1630 g/mol. The molecule has 21 nitrogen and oxygen atoms in total. The van der Waals surface area contributed by atoms with Gasteiger partial charge in [-0.1, -0.05) is 29.3 Å². The molecule has 0 unspecified atom stereocenters. The first-order chi connectivity index (χ1) is 50.1. The maximum absolute atomic E-state index is 14.2. The first kappa shape index (κ1) is 80.4. The lowest BCUT2D eigenvalue weighted by Gasteiger charge is -2.30. The van der Waals surface area contributed by atoms with E-state index in [0.29, 0.717) is 91.3 Å². The van der Waals surface area contributed by atoms with E-state index in [1.807, 2.05) is 36.3 Å². The van der Waals surface area contributed by atoms with Crippen molar-refractivity contribution in [3.63, 3.8) is 0 Å². The summed E-state index contributed by atoms with van der Waals surface area (Å²) >= 11 is 13.3. The number of nitrogens with two attached hydrogens (primary N) is 1. The Balaban J connectivity index is 0.000000153. The largest absolute Gasteiger partial charge is 0.491 e. The number of carbonyl (C=O) groups excluding carboxylic acids is 3. The summed E-state index contributed by atoms with van der Waals surface area (Å²) in [5.74, 6) is -6.48. The highest BCUT2D eigenvalue weighted by Crippen LogP contribution is 2.33. The summed E-state index contributed by atoms with van der Waals surface area (Å²) in [6.07, 6.45) is 5.85. The van der Waals surface area contributed by atoms with Crippen LogP contribution in [-0.2, 0) is 61.8 Å². The zero-order valence-electron chi connectivity index (χ0n) is 57.6. The van der Waals surface area contributed by atoms with Crippen molar-refractivity contribution in [1.82, 2.24) is 59.1 Å². The van der Waals surface area contributed by atoms with Gasteiger partial charge < -0.3 is 50.6 Å². The number of nitrogens with one attached hydrogen (secondary N) is 2. The van der Waals surface area contributed by atoms with Crippen LogP contribution in [0.1, 0.15) is 64.3 Å². The Labute approximate surface area is 625 Å². The molecule has 6 aromatic carbocycles. The average Bonchev–Trinajstić information content (AvgIpc) is 1.63. The van der Waals surface area contributed by atoms with Crippen LogP contribution in [-0.4, -0.2) is 127 Å². The first-order valence-electron chi connectivity index (χ1n) is 32.5. The minimum Gasteiger partial charge on any atom is -0.444 e. The van der Waals surface area contributed by atoms with Crippen LogP contribution in [0.4, 0.5) is 69.7 Å². The van der Waals surface area contributed by atoms with Crippen LogP contribution < -0.4 is 21.8 Å². The van der Waals surface area contributed by atoms with E-state index in [1.165, 1.54) is 83.9 Å². The van der Waals surface area contributed by atoms with E-state index in [4.69, 9.17) is 48.5 Å². The van der Waals surface area contributed by atoms with Gasteiger partial charge in [-0.2, -0.15) is 20.4 Å². The lowest BCUT2D eigenvalue weighted by Crippen LogP contribution is -2.41. The van der Waals surface area contributed by atoms with Gasteiger partial charge in [0, 0.05) is 107 Å². The summed E-state index contributed by atoms with van der Waals surface area (Å²) in [6.45, 7) is 17.5. The number of urea groups is 1. The van der Waals surface area contributed by atoms with Crippen molar-refractivity contribution >= 4 is 88.0 Å². The fraction of sp³-hybridized carbons (Fsp3) is 0.282. The van der Waals surface area contributed by atoms with Crippen molar-refractivity contribution in [2.45, 2.75) is 105 Å². The highest BCUT2D eigenvalue weighted by Gasteiger charge is 2.31. The van der Waals surface area contributed by atoms with Gasteiger partial charge in [-0.15, -0.1) is 0 Å². The summed E-state index contributed by atoms with van der Waals surface area (Å²) in [4.78, 5) is 41.6. The van der Waals surface area contributed by atoms with Gasteiger partial charge in [0.15, 0.2) is 0 Å². The second-order valence-electron chi connectivity index (χ2n) is 25.9. The molecule has 6 N–H and O–H groups in total. The summed E-state index contributed by atoms with van der Waals surface area (Å²) in [6, 6.07) is 20.5. The maximum atomic E-state index is 14.2. The predicted molar refractivity (Wildman–Crippen MR) is 386 cm³/mol. The van der Waals surface area contributed by atoms with Crippen molar-refractivity contribution < 1.29 is 77.8 Å². The smallest absolute Gasteiger partial charge is 0.444 e. The Kier molecular flexibility index (Phi) is 26.7. The molecular formula is C71H70BCl2F10IN14O7. The summed E-state index contributed by atoms with van der Waals surface area (Å²) < 4.78 is 151. The Hall–Kier alpha value is -9.68. The fourth-order valence-corrected chi connectivity index (χ4v) is 11.8. The van der Waals surface area contributed by atoms with Crippen molar-refractivity contribution in [3.8, 4) is 33.4 Å². The molecule has 4 amide bonds. The van der Waals surface area contributed by atoms with E-state index in [0.717, 1.165) is 70.5 Å². The van der Waals surface area contributed by atoms with Gasteiger partial charge in [0.2, 0.25) is 0 Å². The Morgan fingerprint density at radius 1 is 0.481 bits per heavy atom. The number of carbonyl (C=O) groups is 3. The Morgan fingerprint density at radius 2 is 0.877 bits per heavy atom. The quantitative estimate of drug-likeness (QED) is 0.0467. The number of halogens is 13. The van der Waals surface area contributed by atoms with Gasteiger partial charge in [-0.25, -0.2) is 58.3 Å². The summed E-state index contributed by atoms with van der Waals surface area (Å²) in [5.41, 5.74) is 10.8. The highest BCUT2D eigenvalue weighted by molar-refractivity contribution is 14.1. The zero-order chi connectivity index (χ0) is 77.1. The number of aromatic nitrogens is 8. The zero-order valence-corrected chi connectivity index (χ0v) is 61.3. The van der Waals surface area contributed by atoms with Crippen LogP contribution in [0.2, 0.25) is 10.0 Å². The molecular weight excluding hydrogens is 1560 g/mol. The van der Waals surface area contributed by atoms with Crippen LogP contribution in [0.15, 0.2) is 134 Å². The molecule has 0 fully saturated rings.